The molecule has 0 spiro atoms. The molecular formula is C24H24ClNO2. The molecule has 0 atom stereocenters. The molecule has 0 unspecified atom stereocenters. The van der Waals surface area contributed by atoms with E-state index in [1.165, 1.54) is 0 Å². The molecule has 3 nitrogen and oxygen atoms in total. The summed E-state index contributed by atoms with van der Waals surface area (Å²) in [5.41, 5.74) is 2.25. The highest BCUT2D eigenvalue weighted by molar-refractivity contribution is 6.32. The molecule has 4 heteroatoms. The number of nitrogens with zero attached hydrogens (tertiary/aromatic N) is 1. The van der Waals surface area contributed by atoms with Crippen LogP contribution in [0.3, 0.4) is 0 Å². The third-order valence-corrected chi connectivity index (χ3v) is 4.73. The first-order valence-corrected chi connectivity index (χ1v) is 9.83. The van der Waals surface area contributed by atoms with E-state index in [2.05, 4.69) is 0 Å². The highest BCUT2D eigenvalue weighted by Gasteiger charge is 2.14. The molecular weight excluding hydrogens is 370 g/mol. The number of carbonyl (C=O) groups is 1. The van der Waals surface area contributed by atoms with E-state index in [9.17, 15) is 4.79 Å². The smallest absolute Gasteiger partial charge is 0.223 e. The SMILES string of the molecule is O=C(CCCOc1ccccc1Cl)N(Cc1ccccc1)Cc1ccccc1. The van der Waals surface area contributed by atoms with Gasteiger partial charge in [-0.15, -0.1) is 0 Å². The second-order valence-corrected chi connectivity index (χ2v) is 7.01. The van der Waals surface area contributed by atoms with Crippen molar-refractivity contribution in [3.8, 4) is 5.75 Å². The first kappa shape index (κ1) is 20.0. The predicted octanol–water partition coefficient (Wildman–Crippen LogP) is 5.73. The molecule has 0 aliphatic carbocycles. The average Bonchev–Trinajstić information content (AvgIpc) is 2.73. The third kappa shape index (κ3) is 6.14. The van der Waals surface area contributed by atoms with Gasteiger partial charge in [0.2, 0.25) is 5.91 Å². The van der Waals surface area contributed by atoms with Gasteiger partial charge in [-0.1, -0.05) is 84.4 Å². The van der Waals surface area contributed by atoms with E-state index in [0.29, 0.717) is 43.3 Å². The zero-order chi connectivity index (χ0) is 19.6. The van der Waals surface area contributed by atoms with Gasteiger partial charge >= 0.3 is 0 Å². The molecule has 0 aromatic heterocycles. The summed E-state index contributed by atoms with van der Waals surface area (Å²) in [6.45, 7) is 1.65. The van der Waals surface area contributed by atoms with Crippen molar-refractivity contribution in [1.29, 1.82) is 0 Å². The summed E-state index contributed by atoms with van der Waals surface area (Å²) in [5, 5.41) is 0.587. The molecule has 144 valence electrons. The van der Waals surface area contributed by atoms with E-state index in [-0.39, 0.29) is 5.91 Å². The van der Waals surface area contributed by atoms with Crippen LogP contribution in [-0.4, -0.2) is 17.4 Å². The van der Waals surface area contributed by atoms with Crippen LogP contribution in [0.15, 0.2) is 84.9 Å². The number of hydrogen-bond acceptors (Lipinski definition) is 2. The molecule has 0 N–H and O–H groups in total. The summed E-state index contributed by atoms with van der Waals surface area (Å²) in [5.74, 6) is 0.775. The van der Waals surface area contributed by atoms with Gasteiger partial charge < -0.3 is 9.64 Å². The lowest BCUT2D eigenvalue weighted by molar-refractivity contribution is -0.132. The van der Waals surface area contributed by atoms with E-state index in [1.54, 1.807) is 6.07 Å². The quantitative estimate of drug-likeness (QED) is 0.434. The standard InChI is InChI=1S/C24H24ClNO2/c25-22-14-7-8-15-23(22)28-17-9-16-24(27)26(18-20-10-3-1-4-11-20)19-21-12-5-2-6-13-21/h1-8,10-15H,9,16-19H2. The van der Waals surface area contributed by atoms with Crippen molar-refractivity contribution < 1.29 is 9.53 Å². The molecule has 0 saturated carbocycles. The Kier molecular flexibility index (Phi) is 7.51. The second kappa shape index (κ2) is 10.5. The Morgan fingerprint density at radius 1 is 0.786 bits per heavy atom. The van der Waals surface area contributed by atoms with E-state index < -0.39 is 0 Å². The number of halogens is 1. The number of para-hydroxylation sites is 1. The lowest BCUT2D eigenvalue weighted by Gasteiger charge is -2.23. The van der Waals surface area contributed by atoms with Crippen LogP contribution in [0.4, 0.5) is 0 Å². The van der Waals surface area contributed by atoms with E-state index in [1.807, 2.05) is 83.8 Å². The molecule has 1 amide bonds. The summed E-state index contributed by atoms with van der Waals surface area (Å²) < 4.78 is 5.70. The zero-order valence-electron chi connectivity index (χ0n) is 15.8. The molecule has 0 bridgehead atoms. The van der Waals surface area contributed by atoms with Crippen LogP contribution in [-0.2, 0) is 17.9 Å². The van der Waals surface area contributed by atoms with Gasteiger partial charge in [0.1, 0.15) is 5.75 Å². The number of benzene rings is 3. The molecule has 3 aromatic carbocycles. The first-order valence-electron chi connectivity index (χ1n) is 9.45. The van der Waals surface area contributed by atoms with Crippen LogP contribution in [0.25, 0.3) is 0 Å². The van der Waals surface area contributed by atoms with E-state index in [4.69, 9.17) is 16.3 Å². The van der Waals surface area contributed by atoms with Crippen LogP contribution in [0, 0.1) is 0 Å². The average molecular weight is 394 g/mol. The largest absolute Gasteiger partial charge is 0.492 e. The molecule has 0 aliphatic heterocycles. The summed E-state index contributed by atoms with van der Waals surface area (Å²) in [7, 11) is 0. The Morgan fingerprint density at radius 3 is 1.89 bits per heavy atom. The van der Waals surface area contributed by atoms with Gasteiger partial charge in [-0.3, -0.25) is 4.79 Å². The van der Waals surface area contributed by atoms with E-state index in [0.717, 1.165) is 11.1 Å². The summed E-state index contributed by atoms with van der Waals surface area (Å²) in [6, 6.07) is 27.5. The zero-order valence-corrected chi connectivity index (χ0v) is 16.5. The van der Waals surface area contributed by atoms with E-state index >= 15 is 0 Å². The Balaban J connectivity index is 1.57. The van der Waals surface area contributed by atoms with Gasteiger partial charge in [-0.05, 0) is 29.7 Å². The molecule has 3 aromatic rings. The Bertz CT molecular complexity index is 827. The van der Waals surface area contributed by atoms with Crippen LogP contribution >= 0.6 is 11.6 Å². The number of ether oxygens (including phenoxy) is 1. The highest BCUT2D eigenvalue weighted by Crippen LogP contribution is 2.23. The van der Waals surface area contributed by atoms with Gasteiger partial charge in [0.05, 0.1) is 11.6 Å². The molecule has 0 radical (unpaired) electrons. The van der Waals surface area contributed by atoms with Crippen molar-refractivity contribution in [3.63, 3.8) is 0 Å². The second-order valence-electron chi connectivity index (χ2n) is 6.60. The fraction of sp³-hybridized carbons (Fsp3) is 0.208. The maximum atomic E-state index is 12.9. The molecule has 0 heterocycles. The fourth-order valence-electron chi connectivity index (χ4n) is 2.97. The normalized spacial score (nSPS) is 10.5. The molecule has 28 heavy (non-hydrogen) atoms. The number of rotatable bonds is 9. The minimum Gasteiger partial charge on any atom is -0.492 e. The first-order chi connectivity index (χ1) is 13.7. The van der Waals surface area contributed by atoms with Gasteiger partial charge in [-0.2, -0.15) is 0 Å². The number of amides is 1. The maximum Gasteiger partial charge on any atom is 0.223 e. The van der Waals surface area contributed by atoms with Gasteiger partial charge in [0, 0.05) is 19.5 Å². The molecule has 0 aliphatic rings. The lowest BCUT2D eigenvalue weighted by atomic mass is 10.1. The minimum absolute atomic E-state index is 0.121. The maximum absolute atomic E-state index is 12.9. The molecule has 0 saturated heterocycles. The number of hydrogen-bond donors (Lipinski definition) is 0. The Morgan fingerprint density at radius 2 is 1.32 bits per heavy atom. The minimum atomic E-state index is 0.121. The monoisotopic (exact) mass is 393 g/mol. The fourth-order valence-corrected chi connectivity index (χ4v) is 3.16. The Hall–Kier alpha value is -2.78. The van der Waals surface area contributed by atoms with Crippen molar-refractivity contribution in [2.75, 3.05) is 6.61 Å². The highest BCUT2D eigenvalue weighted by atomic mass is 35.5. The molecule has 3 rings (SSSR count). The van der Waals surface area contributed by atoms with Crippen molar-refractivity contribution >= 4 is 17.5 Å². The van der Waals surface area contributed by atoms with Crippen LogP contribution < -0.4 is 4.74 Å². The molecule has 0 fully saturated rings. The summed E-state index contributed by atoms with van der Waals surface area (Å²) in [6.07, 6.45) is 1.08. The number of carbonyl (C=O) groups excluding carboxylic acids is 1. The van der Waals surface area contributed by atoms with Crippen LogP contribution in [0.5, 0.6) is 5.75 Å². The predicted molar refractivity (Wildman–Crippen MR) is 113 cm³/mol. The topological polar surface area (TPSA) is 29.5 Å². The van der Waals surface area contributed by atoms with Crippen LogP contribution in [0.2, 0.25) is 5.02 Å². The summed E-state index contributed by atoms with van der Waals surface area (Å²) >= 11 is 6.10. The van der Waals surface area contributed by atoms with Crippen molar-refractivity contribution in [2.45, 2.75) is 25.9 Å². The van der Waals surface area contributed by atoms with Crippen molar-refractivity contribution in [2.24, 2.45) is 0 Å². The summed E-state index contributed by atoms with van der Waals surface area (Å²) in [4.78, 5) is 14.8. The Labute approximate surface area is 171 Å². The van der Waals surface area contributed by atoms with Crippen molar-refractivity contribution in [3.05, 3.63) is 101 Å². The van der Waals surface area contributed by atoms with Gasteiger partial charge in [0.15, 0.2) is 0 Å². The van der Waals surface area contributed by atoms with Gasteiger partial charge in [0.25, 0.3) is 0 Å². The van der Waals surface area contributed by atoms with Gasteiger partial charge in [-0.25, -0.2) is 0 Å². The van der Waals surface area contributed by atoms with Crippen molar-refractivity contribution in [1.82, 2.24) is 4.90 Å². The lowest BCUT2D eigenvalue weighted by Crippen LogP contribution is -2.30. The van der Waals surface area contributed by atoms with Crippen LogP contribution in [0.1, 0.15) is 24.0 Å². The third-order valence-electron chi connectivity index (χ3n) is 4.41.